The van der Waals surface area contributed by atoms with Crippen molar-refractivity contribution >= 4 is 17.7 Å². The quantitative estimate of drug-likeness (QED) is 0.379. The predicted octanol–water partition coefficient (Wildman–Crippen LogP) is 6.24. The molecule has 1 unspecified atom stereocenters. The van der Waals surface area contributed by atoms with Crippen molar-refractivity contribution in [3.63, 3.8) is 0 Å². The molecule has 0 bridgehead atoms. The first-order chi connectivity index (χ1) is 16.3. The Bertz CT molecular complexity index is 1020. The number of nitrogens with zero attached hydrogens (tertiary/aromatic N) is 4. The number of alkyl halides is 1. The van der Waals surface area contributed by atoms with E-state index in [0.29, 0.717) is 24.6 Å². The van der Waals surface area contributed by atoms with E-state index in [2.05, 4.69) is 20.8 Å². The maximum Gasteiger partial charge on any atom is 0.412 e. The predicted molar refractivity (Wildman–Crippen MR) is 130 cm³/mol. The average molecular weight is 487 g/mol. The molecule has 1 aliphatic heterocycles. The zero-order valence-electron chi connectivity index (χ0n) is 20.4. The van der Waals surface area contributed by atoms with Crippen molar-refractivity contribution < 1.29 is 14.3 Å². The van der Waals surface area contributed by atoms with Crippen LogP contribution in [0.25, 0.3) is 5.69 Å². The van der Waals surface area contributed by atoms with Crippen molar-refractivity contribution in [3.8, 4) is 5.69 Å². The Morgan fingerprint density at radius 1 is 0.971 bits per heavy atom. The van der Waals surface area contributed by atoms with Crippen LogP contribution in [0.4, 0.5) is 4.79 Å². The zero-order chi connectivity index (χ0) is 23.9. The summed E-state index contributed by atoms with van der Waals surface area (Å²) in [5, 5.41) is 9.12. The van der Waals surface area contributed by atoms with Gasteiger partial charge in [0.1, 0.15) is 11.4 Å². The smallest absolute Gasteiger partial charge is 0.412 e. The molecule has 184 valence electrons. The van der Waals surface area contributed by atoms with E-state index in [1.807, 2.05) is 39.0 Å². The van der Waals surface area contributed by atoms with Crippen molar-refractivity contribution in [1.29, 1.82) is 0 Å². The molecule has 3 aliphatic rings. The Morgan fingerprint density at radius 2 is 1.62 bits per heavy atom. The van der Waals surface area contributed by atoms with Crippen LogP contribution in [-0.2, 0) is 16.0 Å². The number of hydrogen-bond donors (Lipinski definition) is 0. The number of carbonyl (C=O) groups excluding carboxylic acids is 1. The number of carbonyl (C=O) groups is 1. The fourth-order valence-corrected chi connectivity index (χ4v) is 5.76. The molecule has 2 heterocycles. The van der Waals surface area contributed by atoms with Crippen LogP contribution in [0, 0.1) is 0 Å². The first kappa shape index (κ1) is 23.6. The van der Waals surface area contributed by atoms with Gasteiger partial charge in [-0.3, -0.25) is 9.47 Å². The lowest BCUT2D eigenvalue weighted by atomic mass is 9.86. The second kappa shape index (κ2) is 9.50. The van der Waals surface area contributed by atoms with Gasteiger partial charge in [-0.25, -0.2) is 4.79 Å². The van der Waals surface area contributed by atoms with Gasteiger partial charge in [-0.2, -0.15) is 0 Å². The van der Waals surface area contributed by atoms with Crippen molar-refractivity contribution in [2.24, 2.45) is 0 Å². The standard InChI is InChI=1S/C26H35ClN4O3/c1-26(2,3)34-25(32)30-16-18-8-4-7-11-21(18)31-23(28-29-24(31)22(30)27)17-12-14-20(15-13-17)33-19-9-5-6-10-19/h4,7-8,11,17,19-20,22H,5-6,9-10,12-16H2,1-3H3. The fourth-order valence-electron chi connectivity index (χ4n) is 5.47. The van der Waals surface area contributed by atoms with Gasteiger partial charge < -0.3 is 9.47 Å². The number of ether oxygens (including phenoxy) is 2. The van der Waals surface area contributed by atoms with Crippen molar-refractivity contribution in [1.82, 2.24) is 19.7 Å². The number of aromatic nitrogens is 3. The van der Waals surface area contributed by atoms with Gasteiger partial charge in [0.2, 0.25) is 0 Å². The molecule has 34 heavy (non-hydrogen) atoms. The Balaban J connectivity index is 1.40. The molecular formula is C26H35ClN4O3. The Hall–Kier alpha value is -2.12. The molecule has 0 saturated heterocycles. The molecule has 1 aromatic carbocycles. The molecule has 5 rings (SSSR count). The highest BCUT2D eigenvalue weighted by atomic mass is 35.5. The first-order valence-corrected chi connectivity index (χ1v) is 13.1. The van der Waals surface area contributed by atoms with Crippen LogP contribution >= 0.6 is 11.6 Å². The Kier molecular flexibility index (Phi) is 6.60. The summed E-state index contributed by atoms with van der Waals surface area (Å²) in [5.74, 6) is 1.78. The number of benzene rings is 1. The third-order valence-corrected chi connectivity index (χ3v) is 7.56. The second-order valence-electron chi connectivity index (χ2n) is 10.8. The fraction of sp³-hybridized carbons (Fsp3) is 0.654. The minimum Gasteiger partial charge on any atom is -0.444 e. The largest absolute Gasteiger partial charge is 0.444 e. The lowest BCUT2D eigenvalue weighted by molar-refractivity contribution is -0.0288. The lowest BCUT2D eigenvalue weighted by Crippen LogP contribution is -2.37. The molecule has 1 atom stereocenters. The summed E-state index contributed by atoms with van der Waals surface area (Å²) >= 11 is 6.88. The first-order valence-electron chi connectivity index (χ1n) is 12.6. The molecule has 1 aromatic heterocycles. The van der Waals surface area contributed by atoms with Crippen molar-refractivity contribution in [3.05, 3.63) is 41.5 Å². The van der Waals surface area contributed by atoms with Crippen LogP contribution in [0.5, 0.6) is 0 Å². The molecule has 0 radical (unpaired) electrons. The minimum atomic E-state index is -0.773. The van der Waals surface area contributed by atoms with Crippen molar-refractivity contribution in [2.75, 3.05) is 0 Å². The summed E-state index contributed by atoms with van der Waals surface area (Å²) in [5.41, 5.74) is 0.596. The summed E-state index contributed by atoms with van der Waals surface area (Å²) in [6.45, 7) is 5.91. The third kappa shape index (κ3) is 4.82. The van der Waals surface area contributed by atoms with Crippen LogP contribution in [0.1, 0.15) is 101 Å². The Morgan fingerprint density at radius 3 is 2.32 bits per heavy atom. The number of rotatable bonds is 3. The Labute approximate surface area is 206 Å². The van der Waals surface area contributed by atoms with Crippen LogP contribution in [-0.4, -0.2) is 43.6 Å². The lowest BCUT2D eigenvalue weighted by Gasteiger charge is -2.30. The SMILES string of the molecule is CC(C)(C)OC(=O)N1Cc2ccccc2-n2c(C3CCC(OC4CCCC4)CC3)nnc2C1Cl. The summed E-state index contributed by atoms with van der Waals surface area (Å²) in [4.78, 5) is 14.6. The topological polar surface area (TPSA) is 69.5 Å². The number of fused-ring (bicyclic) bond motifs is 3. The molecule has 0 spiro atoms. The maximum absolute atomic E-state index is 13.0. The number of halogens is 1. The minimum absolute atomic E-state index is 0.287. The molecule has 7 nitrogen and oxygen atoms in total. The van der Waals surface area contributed by atoms with Crippen LogP contribution in [0.3, 0.4) is 0 Å². The van der Waals surface area contributed by atoms with Gasteiger partial charge in [-0.15, -0.1) is 10.2 Å². The van der Waals surface area contributed by atoms with Gasteiger partial charge in [0, 0.05) is 5.92 Å². The van der Waals surface area contributed by atoms with Crippen LogP contribution in [0.15, 0.2) is 24.3 Å². The molecule has 2 saturated carbocycles. The summed E-state index contributed by atoms with van der Waals surface area (Å²) < 4.78 is 14.1. The highest BCUT2D eigenvalue weighted by Gasteiger charge is 2.38. The van der Waals surface area contributed by atoms with E-state index in [0.717, 1.165) is 42.8 Å². The number of amides is 1. The molecule has 0 N–H and O–H groups in total. The van der Waals surface area contributed by atoms with Crippen molar-refractivity contribution in [2.45, 2.75) is 108 Å². The van der Waals surface area contributed by atoms with E-state index >= 15 is 0 Å². The summed E-state index contributed by atoms with van der Waals surface area (Å²) in [7, 11) is 0. The summed E-state index contributed by atoms with van der Waals surface area (Å²) in [6, 6.07) is 8.07. The molecular weight excluding hydrogens is 452 g/mol. The third-order valence-electron chi connectivity index (χ3n) is 7.13. The van der Waals surface area contributed by atoms with Gasteiger partial charge in [0.15, 0.2) is 11.3 Å². The molecule has 1 amide bonds. The average Bonchev–Trinajstić information content (AvgIpc) is 3.44. The van der Waals surface area contributed by atoms with Gasteiger partial charge in [-0.1, -0.05) is 42.6 Å². The summed E-state index contributed by atoms with van der Waals surface area (Å²) in [6.07, 6.45) is 9.47. The van der Waals surface area contributed by atoms with E-state index in [4.69, 9.17) is 21.1 Å². The van der Waals surface area contributed by atoms with Crippen LogP contribution in [0.2, 0.25) is 0 Å². The van der Waals surface area contributed by atoms with E-state index in [9.17, 15) is 4.79 Å². The monoisotopic (exact) mass is 486 g/mol. The van der Waals surface area contributed by atoms with Gasteiger partial charge in [0.25, 0.3) is 0 Å². The van der Waals surface area contributed by atoms with E-state index in [1.165, 1.54) is 30.6 Å². The molecule has 2 fully saturated rings. The second-order valence-corrected chi connectivity index (χ2v) is 11.3. The van der Waals surface area contributed by atoms with E-state index < -0.39 is 17.2 Å². The maximum atomic E-state index is 13.0. The van der Waals surface area contributed by atoms with Gasteiger partial charge in [0.05, 0.1) is 24.4 Å². The van der Waals surface area contributed by atoms with Crippen LogP contribution < -0.4 is 0 Å². The highest BCUT2D eigenvalue weighted by Crippen LogP contribution is 2.40. The van der Waals surface area contributed by atoms with E-state index in [-0.39, 0.29) is 5.92 Å². The number of hydrogen-bond acceptors (Lipinski definition) is 5. The normalized spacial score (nSPS) is 25.5. The molecule has 2 aliphatic carbocycles. The molecule has 8 heteroatoms. The number of para-hydroxylation sites is 1. The van der Waals surface area contributed by atoms with Gasteiger partial charge >= 0.3 is 6.09 Å². The highest BCUT2D eigenvalue weighted by molar-refractivity contribution is 6.21. The molecule has 2 aromatic rings. The van der Waals surface area contributed by atoms with E-state index in [1.54, 1.807) is 0 Å². The van der Waals surface area contributed by atoms with Gasteiger partial charge in [-0.05, 0) is 70.9 Å². The zero-order valence-corrected chi connectivity index (χ0v) is 21.1.